The molecule has 21 heavy (non-hydrogen) atoms. The molecule has 3 N–H and O–H groups in total. The van der Waals surface area contributed by atoms with Crippen LogP contribution in [0.4, 0.5) is 11.4 Å². The van der Waals surface area contributed by atoms with Crippen LogP contribution in [-0.2, 0) is 4.99 Å². The second-order valence-electron chi connectivity index (χ2n) is 4.31. The van der Waals surface area contributed by atoms with Gasteiger partial charge in [-0.3, -0.25) is 10.1 Å². The van der Waals surface area contributed by atoms with E-state index in [0.717, 1.165) is 16.6 Å². The fourth-order valence-electron chi connectivity index (χ4n) is 2.00. The lowest BCUT2D eigenvalue weighted by molar-refractivity contribution is -0.384. The zero-order valence-corrected chi connectivity index (χ0v) is 10.6. The molecule has 106 valence electrons. The number of nitro benzene ring substituents is 1. The summed E-state index contributed by atoms with van der Waals surface area (Å²) in [4.78, 5) is 21.5. The summed E-state index contributed by atoms with van der Waals surface area (Å²) in [5.74, 6) is 0.599. The molecule has 8 nitrogen and oxygen atoms in total. The standard InChI is InChI=1S/C13H10N4O4/c18-17(19)10-4-1-8(2-5-10)13-14-11-6-3-9(16-21-20)7-12(11)15-13/h1-7,16,20H,(H,14,15). The molecule has 0 aliphatic carbocycles. The third kappa shape index (κ3) is 2.53. The maximum absolute atomic E-state index is 10.6. The number of fused-ring (bicyclic) bond motifs is 1. The van der Waals surface area contributed by atoms with Gasteiger partial charge in [-0.2, -0.15) is 0 Å². The molecule has 2 aromatic carbocycles. The van der Waals surface area contributed by atoms with Crippen LogP contribution in [-0.4, -0.2) is 20.1 Å². The largest absolute Gasteiger partial charge is 0.338 e. The van der Waals surface area contributed by atoms with Crippen LogP contribution in [0.1, 0.15) is 0 Å². The number of hydrogen-bond donors (Lipinski definition) is 3. The molecule has 0 amide bonds. The van der Waals surface area contributed by atoms with Gasteiger partial charge in [0.15, 0.2) is 0 Å². The van der Waals surface area contributed by atoms with E-state index in [1.54, 1.807) is 30.3 Å². The molecule has 0 fully saturated rings. The number of nitrogens with one attached hydrogen (secondary N) is 2. The fraction of sp³-hybridized carbons (Fsp3) is 0. The fourth-order valence-corrected chi connectivity index (χ4v) is 2.00. The van der Waals surface area contributed by atoms with Gasteiger partial charge >= 0.3 is 0 Å². The van der Waals surface area contributed by atoms with E-state index in [1.807, 2.05) is 0 Å². The minimum absolute atomic E-state index is 0.0291. The van der Waals surface area contributed by atoms with Gasteiger partial charge in [-0.25, -0.2) is 15.7 Å². The lowest BCUT2D eigenvalue weighted by Gasteiger charge is -1.99. The highest BCUT2D eigenvalue weighted by molar-refractivity contribution is 5.82. The van der Waals surface area contributed by atoms with E-state index in [0.29, 0.717) is 11.5 Å². The van der Waals surface area contributed by atoms with Gasteiger partial charge in [0.1, 0.15) is 5.82 Å². The number of aromatic amines is 1. The zero-order valence-electron chi connectivity index (χ0n) is 10.6. The van der Waals surface area contributed by atoms with Crippen LogP contribution in [0.5, 0.6) is 0 Å². The van der Waals surface area contributed by atoms with E-state index in [2.05, 4.69) is 20.4 Å². The number of imidazole rings is 1. The smallest absolute Gasteiger partial charge is 0.269 e. The minimum Gasteiger partial charge on any atom is -0.338 e. The zero-order chi connectivity index (χ0) is 14.8. The first-order valence-corrected chi connectivity index (χ1v) is 5.98. The Morgan fingerprint density at radius 3 is 2.67 bits per heavy atom. The molecule has 3 aromatic rings. The molecule has 0 unspecified atom stereocenters. The van der Waals surface area contributed by atoms with Crippen LogP contribution >= 0.6 is 0 Å². The summed E-state index contributed by atoms with van der Waals surface area (Å²) in [6, 6.07) is 11.3. The summed E-state index contributed by atoms with van der Waals surface area (Å²) in [6.07, 6.45) is 0. The van der Waals surface area contributed by atoms with Crippen molar-refractivity contribution in [3.05, 3.63) is 52.6 Å². The van der Waals surface area contributed by atoms with E-state index in [9.17, 15) is 10.1 Å². The van der Waals surface area contributed by atoms with Crippen LogP contribution < -0.4 is 5.48 Å². The van der Waals surface area contributed by atoms with E-state index in [4.69, 9.17) is 5.26 Å². The molecule has 0 bridgehead atoms. The van der Waals surface area contributed by atoms with Crippen molar-refractivity contribution in [2.75, 3.05) is 5.48 Å². The molecule has 0 aliphatic rings. The average Bonchev–Trinajstić information content (AvgIpc) is 2.91. The number of benzene rings is 2. The molecule has 0 saturated heterocycles. The van der Waals surface area contributed by atoms with Crippen molar-refractivity contribution >= 4 is 22.4 Å². The maximum atomic E-state index is 10.6. The van der Waals surface area contributed by atoms with E-state index >= 15 is 0 Å². The highest BCUT2D eigenvalue weighted by Gasteiger charge is 2.09. The van der Waals surface area contributed by atoms with Crippen molar-refractivity contribution in [2.24, 2.45) is 0 Å². The van der Waals surface area contributed by atoms with Crippen molar-refractivity contribution in [3.63, 3.8) is 0 Å². The Morgan fingerprint density at radius 1 is 1.24 bits per heavy atom. The van der Waals surface area contributed by atoms with Crippen molar-refractivity contribution in [1.29, 1.82) is 0 Å². The monoisotopic (exact) mass is 286 g/mol. The van der Waals surface area contributed by atoms with Gasteiger partial charge in [0.05, 0.1) is 21.6 Å². The van der Waals surface area contributed by atoms with Crippen LogP contribution in [0.2, 0.25) is 0 Å². The first-order chi connectivity index (χ1) is 10.2. The van der Waals surface area contributed by atoms with E-state index in [1.165, 1.54) is 12.1 Å². The molecule has 1 heterocycles. The normalized spacial score (nSPS) is 10.7. The average molecular weight is 286 g/mol. The predicted molar refractivity (Wildman–Crippen MR) is 75.5 cm³/mol. The van der Waals surface area contributed by atoms with Crippen LogP contribution in [0.3, 0.4) is 0 Å². The SMILES string of the molecule is O=[N+]([O-])c1ccc(-c2nc3ccc(NOO)cc3[nH]2)cc1. The molecule has 3 rings (SSSR count). The van der Waals surface area contributed by atoms with Gasteiger partial charge in [0, 0.05) is 17.7 Å². The lowest BCUT2D eigenvalue weighted by atomic mass is 10.2. The highest BCUT2D eigenvalue weighted by atomic mass is 17.2. The molecule has 0 spiro atoms. The number of nitrogens with zero attached hydrogens (tertiary/aromatic N) is 2. The number of rotatable bonds is 4. The second-order valence-corrected chi connectivity index (χ2v) is 4.31. The molecule has 0 atom stereocenters. The van der Waals surface area contributed by atoms with Gasteiger partial charge in [0.2, 0.25) is 0 Å². The number of H-pyrrole nitrogens is 1. The number of aromatic nitrogens is 2. The lowest BCUT2D eigenvalue weighted by Crippen LogP contribution is -1.95. The summed E-state index contributed by atoms with van der Waals surface area (Å²) in [7, 11) is 0. The van der Waals surface area contributed by atoms with Gasteiger partial charge in [-0.1, -0.05) is 0 Å². The summed E-state index contributed by atoms with van der Waals surface area (Å²) in [5.41, 5.74) is 5.10. The summed E-state index contributed by atoms with van der Waals surface area (Å²) in [5, 5.41) is 19.0. The molecule has 0 radical (unpaired) electrons. The Morgan fingerprint density at radius 2 is 2.00 bits per heavy atom. The Balaban J connectivity index is 1.98. The van der Waals surface area contributed by atoms with Gasteiger partial charge < -0.3 is 4.98 Å². The number of non-ortho nitro benzene ring substituents is 1. The molecular weight excluding hydrogens is 276 g/mol. The van der Waals surface area contributed by atoms with E-state index < -0.39 is 4.92 Å². The topological polar surface area (TPSA) is 113 Å². The van der Waals surface area contributed by atoms with Crippen molar-refractivity contribution in [2.45, 2.75) is 0 Å². The van der Waals surface area contributed by atoms with Crippen LogP contribution in [0.25, 0.3) is 22.4 Å². The summed E-state index contributed by atoms with van der Waals surface area (Å²) < 4.78 is 0. The first kappa shape index (κ1) is 13.0. The van der Waals surface area contributed by atoms with Crippen LogP contribution in [0.15, 0.2) is 42.5 Å². The molecule has 8 heteroatoms. The molecule has 0 saturated carbocycles. The molecule has 0 aliphatic heterocycles. The van der Waals surface area contributed by atoms with Gasteiger partial charge in [-0.15, -0.1) is 4.99 Å². The number of hydrogen-bond acceptors (Lipinski definition) is 6. The van der Waals surface area contributed by atoms with E-state index in [-0.39, 0.29) is 5.69 Å². The summed E-state index contributed by atoms with van der Waals surface area (Å²) in [6.45, 7) is 0. The molecular formula is C13H10N4O4. The Bertz CT molecular complexity index is 798. The third-order valence-corrected chi connectivity index (χ3v) is 3.00. The first-order valence-electron chi connectivity index (χ1n) is 5.98. The second kappa shape index (κ2) is 5.19. The molecule has 1 aromatic heterocycles. The number of anilines is 1. The Labute approximate surface area is 118 Å². The van der Waals surface area contributed by atoms with Crippen LogP contribution in [0, 0.1) is 10.1 Å². The van der Waals surface area contributed by atoms with Crippen molar-refractivity contribution in [1.82, 2.24) is 9.97 Å². The Kier molecular flexibility index (Phi) is 3.22. The van der Waals surface area contributed by atoms with Crippen molar-refractivity contribution in [3.8, 4) is 11.4 Å². The highest BCUT2D eigenvalue weighted by Crippen LogP contribution is 2.24. The number of nitro groups is 1. The predicted octanol–water partition coefficient (Wildman–Crippen LogP) is 2.95. The van der Waals surface area contributed by atoms with Gasteiger partial charge in [0.25, 0.3) is 5.69 Å². The minimum atomic E-state index is -0.449. The maximum Gasteiger partial charge on any atom is 0.269 e. The summed E-state index contributed by atoms with van der Waals surface area (Å²) >= 11 is 0. The van der Waals surface area contributed by atoms with Gasteiger partial charge in [-0.05, 0) is 30.3 Å². The third-order valence-electron chi connectivity index (χ3n) is 3.00. The van der Waals surface area contributed by atoms with Crippen molar-refractivity contribution < 1.29 is 15.2 Å². The quantitative estimate of drug-likeness (QED) is 0.386. The Hall–Kier alpha value is -2.97.